The van der Waals surface area contributed by atoms with Crippen LogP contribution < -0.4 is 5.32 Å². The van der Waals surface area contributed by atoms with E-state index in [1.54, 1.807) is 0 Å². The van der Waals surface area contributed by atoms with Gasteiger partial charge in [0.2, 0.25) is 5.91 Å². The van der Waals surface area contributed by atoms with Crippen LogP contribution in [0.4, 0.5) is 0 Å². The highest BCUT2D eigenvalue weighted by molar-refractivity contribution is 5.78. The van der Waals surface area contributed by atoms with Gasteiger partial charge in [-0.1, -0.05) is 37.3 Å². The molecule has 0 unspecified atom stereocenters. The number of nitrogens with zero attached hydrogens (tertiary/aromatic N) is 2. The van der Waals surface area contributed by atoms with Crippen molar-refractivity contribution in [2.45, 2.75) is 32.1 Å². The highest BCUT2D eigenvalue weighted by atomic mass is 16.2. The van der Waals surface area contributed by atoms with E-state index < -0.39 is 0 Å². The number of carbonyl (C=O) groups is 1. The van der Waals surface area contributed by atoms with Crippen molar-refractivity contribution in [2.75, 3.05) is 26.2 Å². The number of carbonyl (C=O) groups excluding carboxylic acids is 1. The van der Waals surface area contributed by atoms with E-state index in [4.69, 9.17) is 5.26 Å². The second kappa shape index (κ2) is 7.42. The fourth-order valence-electron chi connectivity index (χ4n) is 2.77. The lowest BCUT2D eigenvalue weighted by atomic mass is 9.96. The van der Waals surface area contributed by atoms with Crippen LogP contribution in [0.15, 0.2) is 30.3 Å². The van der Waals surface area contributed by atoms with E-state index in [1.165, 1.54) is 5.56 Å². The first-order valence-electron chi connectivity index (χ1n) is 8.04. The molecule has 0 saturated heterocycles. The van der Waals surface area contributed by atoms with Gasteiger partial charge in [-0.15, -0.1) is 0 Å². The van der Waals surface area contributed by atoms with Crippen LogP contribution in [0.2, 0.25) is 0 Å². The molecule has 0 aromatic heterocycles. The normalized spacial score (nSPS) is 16.8. The Balaban J connectivity index is 1.82. The zero-order valence-corrected chi connectivity index (χ0v) is 13.5. The quantitative estimate of drug-likeness (QED) is 0.801. The van der Waals surface area contributed by atoms with Gasteiger partial charge in [-0.05, 0) is 31.9 Å². The molecule has 1 N–H and O–H groups in total. The van der Waals surface area contributed by atoms with Crippen LogP contribution in [-0.2, 0) is 10.2 Å². The number of hydrogen-bond donors (Lipinski definition) is 1. The lowest BCUT2D eigenvalue weighted by Gasteiger charge is -2.22. The predicted octanol–water partition coefficient (Wildman–Crippen LogP) is 2.32. The highest BCUT2D eigenvalue weighted by Crippen LogP contribution is 2.47. The van der Waals surface area contributed by atoms with Crippen molar-refractivity contribution < 1.29 is 4.79 Å². The number of likely N-dealkylation sites (N-methyl/N-ethyl adjacent to an activating group) is 1. The summed E-state index contributed by atoms with van der Waals surface area (Å²) in [6, 6.07) is 12.6. The Bertz CT molecular complexity index is 531. The maximum atomic E-state index is 12.2. The van der Waals surface area contributed by atoms with Crippen molar-refractivity contribution in [1.29, 1.82) is 5.26 Å². The van der Waals surface area contributed by atoms with Gasteiger partial charge in [-0.25, -0.2) is 0 Å². The molecule has 1 atom stereocenters. The number of amides is 1. The first-order valence-corrected chi connectivity index (χ1v) is 8.04. The largest absolute Gasteiger partial charge is 0.354 e. The summed E-state index contributed by atoms with van der Waals surface area (Å²) in [6.07, 6.45) is 2.28. The predicted molar refractivity (Wildman–Crippen MR) is 87.3 cm³/mol. The van der Waals surface area contributed by atoms with Gasteiger partial charge in [0.1, 0.15) is 0 Å². The maximum Gasteiger partial charge on any atom is 0.234 e. The second-order valence-electron chi connectivity index (χ2n) is 6.28. The zero-order chi connectivity index (χ0) is 16.0. The molecule has 0 aliphatic heterocycles. The average Bonchev–Trinajstić information content (AvgIpc) is 3.34. The molecular weight excluding hydrogens is 274 g/mol. The summed E-state index contributed by atoms with van der Waals surface area (Å²) >= 11 is 0. The number of nitrogens with one attached hydrogen (secondary N) is 1. The minimum Gasteiger partial charge on any atom is -0.354 e. The van der Waals surface area contributed by atoms with E-state index in [0.717, 1.165) is 19.4 Å². The van der Waals surface area contributed by atoms with Crippen LogP contribution in [-0.4, -0.2) is 37.0 Å². The summed E-state index contributed by atoms with van der Waals surface area (Å²) in [5, 5.41) is 12.0. The Kier molecular flexibility index (Phi) is 5.57. The molecular formula is C18H25N3O. The molecule has 1 amide bonds. The molecule has 1 saturated carbocycles. The molecule has 4 nitrogen and oxygen atoms in total. The van der Waals surface area contributed by atoms with Crippen LogP contribution in [0, 0.1) is 17.2 Å². The van der Waals surface area contributed by atoms with E-state index in [-0.39, 0.29) is 17.2 Å². The lowest BCUT2D eigenvalue weighted by Crippen LogP contribution is -2.41. The Morgan fingerprint density at radius 1 is 1.41 bits per heavy atom. The fraction of sp³-hybridized carbons (Fsp3) is 0.556. The Morgan fingerprint density at radius 3 is 2.64 bits per heavy atom. The lowest BCUT2D eigenvalue weighted by molar-refractivity contribution is -0.122. The van der Waals surface area contributed by atoms with Crippen LogP contribution in [0.3, 0.4) is 0 Å². The smallest absolute Gasteiger partial charge is 0.234 e. The van der Waals surface area contributed by atoms with Crippen LogP contribution in [0.1, 0.15) is 32.3 Å². The molecule has 4 heteroatoms. The summed E-state index contributed by atoms with van der Waals surface area (Å²) in [5.74, 6) is 0.000962. The minimum absolute atomic E-state index is 0.0492. The zero-order valence-electron chi connectivity index (χ0n) is 13.5. The molecule has 1 aliphatic carbocycles. The van der Waals surface area contributed by atoms with Crippen molar-refractivity contribution in [3.63, 3.8) is 0 Å². The topological polar surface area (TPSA) is 56.1 Å². The number of hydrogen-bond acceptors (Lipinski definition) is 3. The monoisotopic (exact) mass is 299 g/mol. The Labute approximate surface area is 133 Å². The van der Waals surface area contributed by atoms with E-state index >= 15 is 0 Å². The second-order valence-corrected chi connectivity index (χ2v) is 6.28. The van der Waals surface area contributed by atoms with Gasteiger partial charge in [0.05, 0.1) is 18.5 Å². The first-order chi connectivity index (χ1) is 10.6. The third-order valence-corrected chi connectivity index (χ3v) is 4.43. The Morgan fingerprint density at radius 2 is 2.09 bits per heavy atom. The van der Waals surface area contributed by atoms with Crippen LogP contribution >= 0.6 is 0 Å². The average molecular weight is 299 g/mol. The van der Waals surface area contributed by atoms with Gasteiger partial charge in [-0.3, -0.25) is 9.69 Å². The third kappa shape index (κ3) is 4.32. The molecule has 0 spiro atoms. The van der Waals surface area contributed by atoms with Crippen molar-refractivity contribution in [2.24, 2.45) is 5.92 Å². The molecule has 0 bridgehead atoms. The van der Waals surface area contributed by atoms with E-state index in [2.05, 4.69) is 35.7 Å². The van der Waals surface area contributed by atoms with Gasteiger partial charge in [-0.2, -0.15) is 5.26 Å². The Hall–Kier alpha value is -1.86. The van der Waals surface area contributed by atoms with Gasteiger partial charge in [0, 0.05) is 18.5 Å². The minimum atomic E-state index is -0.0492. The number of nitriles is 1. The molecule has 0 heterocycles. The summed E-state index contributed by atoms with van der Waals surface area (Å²) in [5.41, 5.74) is 1.47. The van der Waals surface area contributed by atoms with Crippen molar-refractivity contribution in [1.82, 2.24) is 10.2 Å². The maximum absolute atomic E-state index is 12.2. The third-order valence-electron chi connectivity index (χ3n) is 4.43. The van der Waals surface area contributed by atoms with Crippen LogP contribution in [0.5, 0.6) is 0 Å². The molecule has 118 valence electrons. The summed E-state index contributed by atoms with van der Waals surface area (Å²) < 4.78 is 0. The molecule has 1 aliphatic rings. The van der Waals surface area contributed by atoms with Crippen LogP contribution in [0.25, 0.3) is 0 Å². The van der Waals surface area contributed by atoms with E-state index in [1.807, 2.05) is 24.8 Å². The highest BCUT2D eigenvalue weighted by Gasteiger charge is 2.44. The van der Waals surface area contributed by atoms with Crippen molar-refractivity contribution >= 4 is 5.91 Å². The molecule has 0 radical (unpaired) electrons. The summed E-state index contributed by atoms with van der Waals surface area (Å²) in [7, 11) is 0. The van der Waals surface area contributed by atoms with Crippen molar-refractivity contribution in [3.05, 3.63) is 35.9 Å². The van der Waals surface area contributed by atoms with Gasteiger partial charge >= 0.3 is 0 Å². The molecule has 1 aromatic carbocycles. The molecule has 2 rings (SSSR count). The number of benzene rings is 1. The van der Waals surface area contributed by atoms with Gasteiger partial charge in [0.25, 0.3) is 0 Å². The van der Waals surface area contributed by atoms with E-state index in [9.17, 15) is 4.79 Å². The molecule has 1 fully saturated rings. The van der Waals surface area contributed by atoms with Gasteiger partial charge < -0.3 is 5.32 Å². The first kappa shape index (κ1) is 16.5. The molecule has 22 heavy (non-hydrogen) atoms. The summed E-state index contributed by atoms with van der Waals surface area (Å²) in [6.45, 7) is 6.40. The SMILES string of the molecule is CCN(CC(=O)NCC1(c2ccccc2)CC1)C[C@@H](C)C#N. The fourth-order valence-corrected chi connectivity index (χ4v) is 2.77. The standard InChI is InChI=1S/C18H25N3O/c1-3-21(12-15(2)11-19)13-17(22)20-14-18(9-10-18)16-7-5-4-6-8-16/h4-8,15H,3,9-10,12-14H2,1-2H3,(H,20,22)/t15-/m0/s1. The molecule has 1 aromatic rings. The van der Waals surface area contributed by atoms with Crippen molar-refractivity contribution in [3.8, 4) is 6.07 Å². The number of rotatable bonds is 8. The van der Waals surface area contributed by atoms with E-state index in [0.29, 0.717) is 19.6 Å². The summed E-state index contributed by atoms with van der Waals surface area (Å²) in [4.78, 5) is 14.2. The van der Waals surface area contributed by atoms with Gasteiger partial charge in [0.15, 0.2) is 0 Å².